The largest absolute Gasteiger partial charge is 0.480 e. The fourth-order valence-corrected chi connectivity index (χ4v) is 16.3. The van der Waals surface area contributed by atoms with Crippen molar-refractivity contribution in [3.63, 3.8) is 0 Å². The average Bonchev–Trinajstić information content (AvgIpc) is 1.65. The van der Waals surface area contributed by atoms with E-state index in [-0.39, 0.29) is 125 Å². The average molecular weight is 1340 g/mol. The van der Waals surface area contributed by atoms with Crippen LogP contribution in [0.15, 0.2) is 107 Å². The minimum atomic E-state index is -4.14. The van der Waals surface area contributed by atoms with Crippen molar-refractivity contribution in [1.29, 1.82) is 0 Å². The number of ether oxygens (including phenoxy) is 6. The predicted octanol–water partition coefficient (Wildman–Crippen LogP) is 3.33. The molecular weight excluding hydrogens is 1270 g/mol. The molecule has 34 heteroatoms. The number of nitrogens with one attached hydrogen (secondary N) is 2. The van der Waals surface area contributed by atoms with Crippen molar-refractivity contribution in [2.75, 3.05) is 90.9 Å². The Kier molecular flexibility index (Phi) is 23.1. The number of pyridine rings is 2. The highest BCUT2D eigenvalue weighted by molar-refractivity contribution is 8.02. The lowest BCUT2D eigenvalue weighted by molar-refractivity contribution is -0.142. The molecule has 6 heterocycles. The zero-order valence-electron chi connectivity index (χ0n) is 50.0. The third-order valence-corrected chi connectivity index (χ3v) is 21.7. The van der Waals surface area contributed by atoms with E-state index in [0.717, 1.165) is 8.61 Å². The first kappa shape index (κ1) is 69.0. The molecule has 30 nitrogen and oxygen atoms in total. The molecule has 4 saturated heterocycles. The van der Waals surface area contributed by atoms with Crippen LogP contribution in [0, 0.1) is 0 Å². The van der Waals surface area contributed by atoms with Crippen LogP contribution in [0.4, 0.5) is 19.2 Å². The number of nitrogens with zero attached hydrogens (tertiary/aromatic N) is 8. The summed E-state index contributed by atoms with van der Waals surface area (Å²) in [5, 5.41) is 25.1. The molecule has 0 aliphatic carbocycles. The van der Waals surface area contributed by atoms with Gasteiger partial charge >= 0.3 is 36.3 Å². The van der Waals surface area contributed by atoms with E-state index in [1.54, 1.807) is 52.0 Å². The summed E-state index contributed by atoms with van der Waals surface area (Å²) in [6, 6.07) is 12.4. The van der Waals surface area contributed by atoms with Gasteiger partial charge in [-0.05, 0) is 93.8 Å². The third kappa shape index (κ3) is 17.8. The van der Waals surface area contributed by atoms with Crippen LogP contribution in [-0.2, 0) is 71.0 Å². The van der Waals surface area contributed by atoms with Crippen molar-refractivity contribution >= 4 is 91.7 Å². The number of carboxylic acid groups (broad SMARTS) is 2. The van der Waals surface area contributed by atoms with Crippen molar-refractivity contribution < 1.29 is 93.8 Å². The first-order valence-electron chi connectivity index (χ1n) is 28.5. The Labute approximate surface area is 533 Å². The highest BCUT2D eigenvalue weighted by Gasteiger charge is 2.53. The molecule has 0 radical (unpaired) electrons. The molecule has 4 aliphatic rings. The zero-order chi connectivity index (χ0) is 65.7. The molecule has 492 valence electrons. The Morgan fingerprint density at radius 2 is 0.879 bits per heavy atom. The number of piperazine rings is 2. The van der Waals surface area contributed by atoms with Crippen LogP contribution in [0.5, 0.6) is 11.5 Å². The summed E-state index contributed by atoms with van der Waals surface area (Å²) in [4.78, 5) is 117. The van der Waals surface area contributed by atoms with E-state index in [1.807, 2.05) is 0 Å². The van der Waals surface area contributed by atoms with E-state index < -0.39 is 102 Å². The van der Waals surface area contributed by atoms with Gasteiger partial charge in [0.05, 0.1) is 25.0 Å². The normalized spacial score (nSPS) is 19.2. The number of rotatable bonds is 24. The molecule has 4 fully saturated rings. The second-order valence-electron chi connectivity index (χ2n) is 22.1. The summed E-state index contributed by atoms with van der Waals surface area (Å²) in [6.07, 6.45) is 2.59. The minimum absolute atomic E-state index is 0.0269. The lowest BCUT2D eigenvalue weighted by atomic mass is 10.0. The summed E-state index contributed by atoms with van der Waals surface area (Å²) < 4.78 is 86.6. The summed E-state index contributed by atoms with van der Waals surface area (Å²) in [5.74, 6) is -3.95. The molecule has 4 atom stereocenters. The van der Waals surface area contributed by atoms with E-state index in [9.17, 15) is 65.4 Å². The fraction of sp³-hybridized carbons (Fsp3) is 0.474. The van der Waals surface area contributed by atoms with Gasteiger partial charge in [0.2, 0.25) is 31.9 Å². The monoisotopic (exact) mass is 1340 g/mol. The van der Waals surface area contributed by atoms with Crippen molar-refractivity contribution in [2.24, 2.45) is 0 Å². The van der Waals surface area contributed by atoms with Gasteiger partial charge < -0.3 is 68.9 Å². The standard InChI is InChI=1S/C57H70N10O20S4/c1-56(2)46(66(34-88-56)90(78,79)42-8-5-18-58-32-42)48(68)60-44(50(70)71)30-38-10-14-40(15-11-38)86-54(76)64-24-20-62(21-25-64)52(74)84-36-82-28-7-29-83-37-85-53(75)63-22-26-65(27-23-63)55(77)87-41-16-12-39(13-17-41)31-45(51(72)73)61-49(69)47-57(3,4)89-35-67(47)91(80,81)43-9-6-19-59-33-43/h5-6,8-19,32-33,44-47H,7,20-31,34-37H2,1-4H3,(H,60,68)(H,61,69)(H,70,71)(H,72,73)/t44-,45-,46+,47+/m0/s1. The van der Waals surface area contributed by atoms with Gasteiger partial charge in [-0.25, -0.2) is 45.6 Å². The minimum Gasteiger partial charge on any atom is -0.480 e. The van der Waals surface area contributed by atoms with Gasteiger partial charge in [-0.3, -0.25) is 19.6 Å². The number of aromatic nitrogens is 2. The van der Waals surface area contributed by atoms with Crippen LogP contribution in [-0.4, -0.2) is 238 Å². The van der Waals surface area contributed by atoms with Crippen LogP contribution in [0.25, 0.3) is 0 Å². The van der Waals surface area contributed by atoms with Crippen molar-refractivity contribution in [2.45, 2.75) is 90.4 Å². The molecule has 0 bridgehead atoms. The van der Waals surface area contributed by atoms with Gasteiger partial charge in [-0.15, -0.1) is 23.5 Å². The maximum Gasteiger partial charge on any atom is 0.415 e. The number of thioether (sulfide) groups is 2. The number of hydrogen-bond donors (Lipinski definition) is 4. The maximum atomic E-state index is 13.7. The summed E-state index contributed by atoms with van der Waals surface area (Å²) in [6.45, 7) is 7.56. The van der Waals surface area contributed by atoms with Gasteiger partial charge in [-0.2, -0.15) is 8.61 Å². The highest BCUT2D eigenvalue weighted by Crippen LogP contribution is 2.43. The molecule has 8 rings (SSSR count). The van der Waals surface area contributed by atoms with Crippen molar-refractivity contribution in [3.8, 4) is 11.5 Å². The lowest BCUT2D eigenvalue weighted by Crippen LogP contribution is -2.56. The van der Waals surface area contributed by atoms with E-state index in [4.69, 9.17) is 28.4 Å². The smallest absolute Gasteiger partial charge is 0.415 e. The molecule has 91 heavy (non-hydrogen) atoms. The van der Waals surface area contributed by atoms with Crippen LogP contribution in [0.3, 0.4) is 0 Å². The van der Waals surface area contributed by atoms with Gasteiger partial charge in [-0.1, -0.05) is 24.3 Å². The van der Waals surface area contributed by atoms with Crippen LogP contribution >= 0.6 is 23.5 Å². The number of aliphatic carboxylic acids is 2. The van der Waals surface area contributed by atoms with Crippen molar-refractivity contribution in [3.05, 3.63) is 109 Å². The Hall–Kier alpha value is -7.86. The number of carbonyl (C=O) groups is 8. The Morgan fingerprint density at radius 3 is 1.20 bits per heavy atom. The molecule has 4 aliphatic heterocycles. The molecule has 0 spiro atoms. The second kappa shape index (κ2) is 30.5. The van der Waals surface area contributed by atoms with Crippen LogP contribution in [0.1, 0.15) is 45.2 Å². The molecule has 4 N–H and O–H groups in total. The predicted molar refractivity (Wildman–Crippen MR) is 324 cm³/mol. The number of carboxylic acids is 2. The molecule has 6 amide bonds. The first-order valence-corrected chi connectivity index (χ1v) is 33.4. The van der Waals surface area contributed by atoms with Gasteiger partial charge in [0.15, 0.2) is 13.6 Å². The number of amides is 6. The summed E-state index contributed by atoms with van der Waals surface area (Å²) in [5.41, 5.74) is 0.967. The highest BCUT2D eigenvalue weighted by atomic mass is 32.2. The maximum absolute atomic E-state index is 13.7. The molecular formula is C57H70N10O20S4. The summed E-state index contributed by atoms with van der Waals surface area (Å²) in [7, 11) is -8.28. The third-order valence-electron chi connectivity index (χ3n) is 15.1. The summed E-state index contributed by atoms with van der Waals surface area (Å²) >= 11 is 2.49. The van der Waals surface area contributed by atoms with Crippen molar-refractivity contribution in [1.82, 2.24) is 48.8 Å². The number of hydrogen-bond acceptors (Lipinski definition) is 22. The lowest BCUT2D eigenvalue weighted by Gasteiger charge is -2.33. The topological polar surface area (TPSA) is 370 Å². The van der Waals surface area contributed by atoms with E-state index in [1.165, 1.54) is 116 Å². The molecule has 2 aromatic heterocycles. The van der Waals surface area contributed by atoms with Gasteiger partial charge in [0, 0.05) is 99.5 Å². The Bertz CT molecular complexity index is 3240. The molecule has 0 unspecified atom stereocenters. The number of benzene rings is 2. The Balaban J connectivity index is 0.654. The Morgan fingerprint density at radius 1 is 0.538 bits per heavy atom. The van der Waals surface area contributed by atoms with Crippen LogP contribution < -0.4 is 20.1 Å². The van der Waals surface area contributed by atoms with E-state index in [0.29, 0.717) is 17.5 Å². The van der Waals surface area contributed by atoms with E-state index in [2.05, 4.69) is 20.6 Å². The first-order chi connectivity index (χ1) is 43.2. The van der Waals surface area contributed by atoms with Crippen LogP contribution in [0.2, 0.25) is 0 Å². The number of carbonyl (C=O) groups excluding carboxylic acids is 6. The SMILES string of the molecule is CC1(C)SCN(S(=O)(=O)c2cccnc2)[C@@H]1C(=O)N[C@@H](Cc1ccc(OC(=O)N2CCN(C(=O)OCOCCCOCOC(=O)N3CCN(C(=O)Oc4ccc(C[C@H](NC(=O)[C@H]5N(S(=O)(=O)c6cccnc6)CSC5(C)C)C(=O)O)cc4)CC3)CC2)cc1)C(=O)O. The van der Waals surface area contributed by atoms with Gasteiger partial charge in [0.1, 0.15) is 45.5 Å². The molecule has 2 aromatic carbocycles. The fourth-order valence-electron chi connectivity index (χ4n) is 10.0. The number of sulfonamides is 2. The molecule has 4 aromatic rings. The zero-order valence-corrected chi connectivity index (χ0v) is 53.3. The van der Waals surface area contributed by atoms with Gasteiger partial charge in [0.25, 0.3) is 0 Å². The quantitative estimate of drug-likeness (QED) is 0.0577. The second-order valence-corrected chi connectivity index (χ2v) is 29.1. The van der Waals surface area contributed by atoms with E-state index >= 15 is 0 Å². The molecule has 0 saturated carbocycles.